The number of aromatic nitrogens is 2. The lowest BCUT2D eigenvalue weighted by atomic mass is 10.2. The number of rotatable bonds is 7. The molecular formula is C25H20N4O6. The van der Waals surface area contributed by atoms with E-state index < -0.39 is 22.6 Å². The molecule has 0 N–H and O–H groups in total. The number of benzene rings is 3. The zero-order valence-electron chi connectivity index (χ0n) is 18.8. The van der Waals surface area contributed by atoms with Crippen molar-refractivity contribution in [3.63, 3.8) is 0 Å². The monoisotopic (exact) mass is 472 g/mol. The molecule has 4 aromatic rings. The molecule has 1 heterocycles. The fourth-order valence-electron chi connectivity index (χ4n) is 3.43. The number of carbonyl (C=O) groups is 1. The van der Waals surface area contributed by atoms with E-state index in [0.29, 0.717) is 22.3 Å². The summed E-state index contributed by atoms with van der Waals surface area (Å²) < 4.78 is 11.4. The number of hydrogen-bond acceptors (Lipinski definition) is 8. The first kappa shape index (κ1) is 23.3. The number of carbonyl (C=O) groups excluding carboxylic acids is 1. The number of nitro benzene ring substituents is 1. The van der Waals surface area contributed by atoms with Crippen LogP contribution in [0, 0.1) is 10.1 Å². The SMILES string of the molecule is COC(=O)[C@H](C)Oc1c(C=Nn2c(-c3ccccc3)nc3ccccc3c2=O)cccc1[N+](=O)[O-]. The predicted molar refractivity (Wildman–Crippen MR) is 130 cm³/mol. The van der Waals surface area contributed by atoms with Crippen molar-refractivity contribution in [2.24, 2.45) is 5.10 Å². The van der Waals surface area contributed by atoms with Crippen LogP contribution in [-0.2, 0) is 9.53 Å². The molecule has 0 saturated heterocycles. The van der Waals surface area contributed by atoms with Crippen LogP contribution in [0.1, 0.15) is 12.5 Å². The Kier molecular flexibility index (Phi) is 6.63. The molecule has 4 rings (SSSR count). The number of esters is 1. The molecule has 176 valence electrons. The minimum Gasteiger partial charge on any atom is -0.471 e. The van der Waals surface area contributed by atoms with Crippen molar-refractivity contribution in [1.29, 1.82) is 0 Å². The number of para-hydroxylation sites is 2. The fraction of sp³-hybridized carbons (Fsp3) is 0.120. The normalized spacial score (nSPS) is 11.9. The molecule has 3 aromatic carbocycles. The number of ether oxygens (including phenoxy) is 2. The van der Waals surface area contributed by atoms with E-state index >= 15 is 0 Å². The average Bonchev–Trinajstić information content (AvgIpc) is 2.88. The molecule has 0 aliphatic carbocycles. The molecule has 0 fully saturated rings. The molecule has 0 bridgehead atoms. The van der Waals surface area contributed by atoms with Crippen molar-refractivity contribution in [1.82, 2.24) is 9.66 Å². The number of nitrogens with zero attached hydrogens (tertiary/aromatic N) is 4. The molecule has 10 heteroatoms. The molecule has 0 amide bonds. The van der Waals surface area contributed by atoms with Crippen molar-refractivity contribution < 1.29 is 19.2 Å². The standard InChI is InChI=1S/C25H20N4O6/c1-16(25(31)34-2)35-22-18(11-8-14-21(22)29(32)33)15-26-28-23(17-9-4-3-5-10-17)27-20-13-7-6-12-19(20)24(28)30/h3-16H,1-2H3/t16-/m0/s1. The van der Waals surface area contributed by atoms with E-state index in [0.717, 1.165) is 4.68 Å². The van der Waals surface area contributed by atoms with Gasteiger partial charge in [-0.25, -0.2) is 9.78 Å². The summed E-state index contributed by atoms with van der Waals surface area (Å²) in [6.45, 7) is 1.41. The summed E-state index contributed by atoms with van der Waals surface area (Å²) in [4.78, 5) is 40.8. The van der Waals surface area contributed by atoms with E-state index in [-0.39, 0.29) is 17.0 Å². The van der Waals surface area contributed by atoms with Crippen LogP contribution in [0.5, 0.6) is 5.75 Å². The van der Waals surface area contributed by atoms with Gasteiger partial charge >= 0.3 is 11.7 Å². The van der Waals surface area contributed by atoms with Gasteiger partial charge in [-0.15, -0.1) is 0 Å². The second-order valence-corrected chi connectivity index (χ2v) is 7.42. The Balaban J connectivity index is 1.88. The Morgan fingerprint density at radius 3 is 2.51 bits per heavy atom. The van der Waals surface area contributed by atoms with Crippen LogP contribution in [0.4, 0.5) is 5.69 Å². The lowest BCUT2D eigenvalue weighted by Gasteiger charge is -2.14. The fourth-order valence-corrected chi connectivity index (χ4v) is 3.43. The summed E-state index contributed by atoms with van der Waals surface area (Å²) in [5.74, 6) is -0.587. The molecule has 0 unspecified atom stereocenters. The summed E-state index contributed by atoms with van der Waals surface area (Å²) in [6, 6.07) is 20.2. The molecule has 0 aliphatic heterocycles. The van der Waals surface area contributed by atoms with Crippen LogP contribution in [0.25, 0.3) is 22.3 Å². The minimum atomic E-state index is -1.11. The largest absolute Gasteiger partial charge is 0.471 e. The Morgan fingerprint density at radius 2 is 1.80 bits per heavy atom. The van der Waals surface area contributed by atoms with Gasteiger partial charge in [0, 0.05) is 17.2 Å². The van der Waals surface area contributed by atoms with Gasteiger partial charge in [-0.05, 0) is 25.1 Å². The third kappa shape index (κ3) is 4.76. The van der Waals surface area contributed by atoms with Gasteiger partial charge < -0.3 is 9.47 Å². The van der Waals surface area contributed by atoms with Gasteiger partial charge in [0.05, 0.1) is 29.2 Å². The summed E-state index contributed by atoms with van der Waals surface area (Å²) in [7, 11) is 1.19. The maximum Gasteiger partial charge on any atom is 0.346 e. The molecule has 10 nitrogen and oxygen atoms in total. The average molecular weight is 472 g/mol. The summed E-state index contributed by atoms with van der Waals surface area (Å²) in [5.41, 5.74) is 0.573. The van der Waals surface area contributed by atoms with Crippen LogP contribution in [0.15, 0.2) is 82.7 Å². The number of methoxy groups -OCH3 is 1. The molecule has 1 atom stereocenters. The lowest BCUT2D eigenvalue weighted by Crippen LogP contribution is -2.25. The Bertz CT molecular complexity index is 1500. The van der Waals surface area contributed by atoms with Gasteiger partial charge in [0.1, 0.15) is 0 Å². The zero-order chi connectivity index (χ0) is 24.9. The van der Waals surface area contributed by atoms with E-state index in [4.69, 9.17) is 4.74 Å². The maximum absolute atomic E-state index is 13.3. The number of nitro groups is 1. The third-order valence-corrected chi connectivity index (χ3v) is 5.15. The van der Waals surface area contributed by atoms with Crippen molar-refractivity contribution >= 4 is 28.8 Å². The van der Waals surface area contributed by atoms with E-state index in [2.05, 4.69) is 14.8 Å². The van der Waals surface area contributed by atoms with Crippen molar-refractivity contribution in [3.8, 4) is 17.1 Å². The smallest absolute Gasteiger partial charge is 0.346 e. The summed E-state index contributed by atoms with van der Waals surface area (Å²) in [6.07, 6.45) is 0.148. The molecule has 1 aromatic heterocycles. The van der Waals surface area contributed by atoms with Gasteiger partial charge in [-0.2, -0.15) is 9.78 Å². The number of hydrogen-bond donors (Lipinski definition) is 0. The van der Waals surface area contributed by atoms with Gasteiger partial charge in [-0.1, -0.05) is 48.5 Å². The van der Waals surface area contributed by atoms with E-state index in [1.165, 1.54) is 38.4 Å². The minimum absolute atomic E-state index is 0.179. The molecule has 0 spiro atoms. The Morgan fingerprint density at radius 1 is 1.09 bits per heavy atom. The van der Waals surface area contributed by atoms with Crippen molar-refractivity contribution in [2.75, 3.05) is 7.11 Å². The quantitative estimate of drug-likeness (QED) is 0.173. The predicted octanol–water partition coefficient (Wildman–Crippen LogP) is 3.79. The first-order valence-electron chi connectivity index (χ1n) is 10.5. The van der Waals surface area contributed by atoms with Gasteiger partial charge in [0.2, 0.25) is 5.75 Å². The highest BCUT2D eigenvalue weighted by Gasteiger charge is 2.24. The third-order valence-electron chi connectivity index (χ3n) is 5.15. The summed E-state index contributed by atoms with van der Waals surface area (Å²) in [5, 5.41) is 16.3. The molecule has 0 radical (unpaired) electrons. The zero-order valence-corrected chi connectivity index (χ0v) is 18.8. The maximum atomic E-state index is 13.3. The van der Waals surface area contributed by atoms with Gasteiger partial charge in [0.15, 0.2) is 11.9 Å². The summed E-state index contributed by atoms with van der Waals surface area (Å²) >= 11 is 0. The molecular weight excluding hydrogens is 452 g/mol. The molecule has 0 aliphatic rings. The van der Waals surface area contributed by atoms with E-state index in [1.807, 2.05) is 18.2 Å². The number of fused-ring (bicyclic) bond motifs is 1. The van der Waals surface area contributed by atoms with Crippen molar-refractivity contribution in [3.05, 3.63) is 98.8 Å². The van der Waals surface area contributed by atoms with E-state index in [1.54, 1.807) is 36.4 Å². The van der Waals surface area contributed by atoms with Crippen LogP contribution in [0.2, 0.25) is 0 Å². The highest BCUT2D eigenvalue weighted by molar-refractivity contribution is 5.87. The second-order valence-electron chi connectivity index (χ2n) is 7.42. The highest BCUT2D eigenvalue weighted by atomic mass is 16.6. The first-order valence-corrected chi connectivity index (χ1v) is 10.5. The Labute approximate surface area is 199 Å². The van der Waals surface area contributed by atoms with Crippen LogP contribution < -0.4 is 10.3 Å². The first-order chi connectivity index (χ1) is 16.9. The highest BCUT2D eigenvalue weighted by Crippen LogP contribution is 2.31. The van der Waals surface area contributed by atoms with Gasteiger partial charge in [0.25, 0.3) is 5.56 Å². The van der Waals surface area contributed by atoms with Crippen LogP contribution in [0.3, 0.4) is 0 Å². The van der Waals surface area contributed by atoms with E-state index in [9.17, 15) is 19.7 Å². The molecule has 0 saturated carbocycles. The topological polar surface area (TPSA) is 126 Å². The Hall–Kier alpha value is -4.86. The molecule has 35 heavy (non-hydrogen) atoms. The van der Waals surface area contributed by atoms with Crippen LogP contribution >= 0.6 is 0 Å². The second kappa shape index (κ2) is 9.96. The van der Waals surface area contributed by atoms with Crippen molar-refractivity contribution in [2.45, 2.75) is 13.0 Å². The lowest BCUT2D eigenvalue weighted by molar-refractivity contribution is -0.386. The van der Waals surface area contributed by atoms with Gasteiger partial charge in [-0.3, -0.25) is 14.9 Å². The van der Waals surface area contributed by atoms with Crippen LogP contribution in [-0.4, -0.2) is 40.0 Å².